The van der Waals surface area contributed by atoms with Crippen LogP contribution in [0.25, 0.3) is 0 Å². The van der Waals surface area contributed by atoms with E-state index in [1.165, 1.54) is 12.1 Å². The van der Waals surface area contributed by atoms with Gasteiger partial charge < -0.3 is 10.6 Å². The maximum atomic E-state index is 12.2. The summed E-state index contributed by atoms with van der Waals surface area (Å²) < 4.78 is 22.5. The molecule has 0 unspecified atom stereocenters. The van der Waals surface area contributed by atoms with E-state index in [0.29, 0.717) is 31.1 Å². The zero-order valence-corrected chi connectivity index (χ0v) is 18.9. The molecule has 0 saturated heterocycles. The predicted molar refractivity (Wildman–Crippen MR) is 120 cm³/mol. The minimum atomic E-state index is -3.72. The summed E-state index contributed by atoms with van der Waals surface area (Å²) in [7, 11) is -3.72. The molecule has 2 aromatic rings. The van der Waals surface area contributed by atoms with E-state index < -0.39 is 10.0 Å². The fourth-order valence-electron chi connectivity index (χ4n) is 2.79. The van der Waals surface area contributed by atoms with Crippen LogP contribution in [0.5, 0.6) is 0 Å². The second kappa shape index (κ2) is 11.8. The first-order chi connectivity index (χ1) is 14.7. The Bertz CT molecular complexity index is 979. The zero-order chi connectivity index (χ0) is 22.9. The molecule has 2 rings (SSSR count). The Morgan fingerprint density at radius 1 is 0.935 bits per heavy atom. The number of rotatable bonds is 11. The number of hydrogen-bond donors (Lipinski definition) is 3. The van der Waals surface area contributed by atoms with Crippen LogP contribution in [0.3, 0.4) is 0 Å². The van der Waals surface area contributed by atoms with E-state index >= 15 is 0 Å². The first-order valence-corrected chi connectivity index (χ1v) is 11.7. The molecule has 4 N–H and O–H groups in total. The first kappa shape index (κ1) is 24.8. The highest BCUT2D eigenvalue weighted by Crippen LogP contribution is 2.10. The van der Waals surface area contributed by atoms with Crippen LogP contribution in [-0.2, 0) is 32.6 Å². The van der Waals surface area contributed by atoms with Crippen molar-refractivity contribution in [2.45, 2.75) is 24.8 Å². The van der Waals surface area contributed by atoms with Gasteiger partial charge in [0, 0.05) is 18.1 Å². The van der Waals surface area contributed by atoms with Gasteiger partial charge in [-0.1, -0.05) is 42.8 Å². The van der Waals surface area contributed by atoms with Gasteiger partial charge >= 0.3 is 0 Å². The van der Waals surface area contributed by atoms with Crippen LogP contribution in [0, 0.1) is 0 Å². The number of halogens is 1. The molecule has 0 atom stereocenters. The molecular formula is C21H27ClN4O4S. The number of likely N-dealkylation sites (N-methyl/N-ethyl adjacent to an activating group) is 1. The third-order valence-corrected chi connectivity index (χ3v) is 5.75. The third kappa shape index (κ3) is 9.06. The molecule has 0 aromatic heterocycles. The monoisotopic (exact) mass is 466 g/mol. The lowest BCUT2D eigenvalue weighted by Gasteiger charge is -2.19. The molecule has 0 bridgehead atoms. The van der Waals surface area contributed by atoms with Gasteiger partial charge in [-0.3, -0.25) is 14.5 Å². The lowest BCUT2D eigenvalue weighted by molar-refractivity contribution is -0.125. The summed E-state index contributed by atoms with van der Waals surface area (Å²) in [5, 5.41) is 11.3. The summed E-state index contributed by atoms with van der Waals surface area (Å²) in [5.74, 6) is -0.354. The Labute approximate surface area is 187 Å². The lowest BCUT2D eigenvalue weighted by atomic mass is 10.1. The Kier molecular flexibility index (Phi) is 9.44. The number of benzene rings is 2. The lowest BCUT2D eigenvalue weighted by Crippen LogP contribution is -2.43. The zero-order valence-electron chi connectivity index (χ0n) is 17.3. The second-order valence-corrected chi connectivity index (χ2v) is 8.99. The van der Waals surface area contributed by atoms with Crippen LogP contribution in [0.1, 0.15) is 18.1 Å². The van der Waals surface area contributed by atoms with Crippen molar-refractivity contribution in [2.75, 3.05) is 26.2 Å². The highest BCUT2D eigenvalue weighted by Gasteiger charge is 2.13. The van der Waals surface area contributed by atoms with Crippen LogP contribution in [0.2, 0.25) is 5.02 Å². The van der Waals surface area contributed by atoms with Gasteiger partial charge in [0.15, 0.2) is 0 Å². The average molecular weight is 467 g/mol. The van der Waals surface area contributed by atoms with Gasteiger partial charge in [0.1, 0.15) is 0 Å². The number of nitrogens with one attached hydrogen (secondary N) is 2. The number of carbonyl (C=O) groups excluding carboxylic acids is 2. The molecule has 2 aromatic carbocycles. The van der Waals surface area contributed by atoms with Gasteiger partial charge in [-0.05, 0) is 48.4 Å². The van der Waals surface area contributed by atoms with E-state index in [9.17, 15) is 18.0 Å². The topological polar surface area (TPSA) is 122 Å². The van der Waals surface area contributed by atoms with Crippen molar-refractivity contribution >= 4 is 33.4 Å². The largest absolute Gasteiger partial charge is 0.355 e. The van der Waals surface area contributed by atoms with E-state index in [1.54, 1.807) is 29.2 Å². The van der Waals surface area contributed by atoms with Crippen LogP contribution < -0.4 is 15.8 Å². The fourth-order valence-corrected chi connectivity index (χ4v) is 3.43. The number of hydrogen-bond acceptors (Lipinski definition) is 5. The maximum absolute atomic E-state index is 12.2. The van der Waals surface area contributed by atoms with Crippen LogP contribution in [0.15, 0.2) is 53.4 Å². The Hall–Kier alpha value is -2.46. The highest BCUT2D eigenvalue weighted by molar-refractivity contribution is 7.89. The van der Waals surface area contributed by atoms with Gasteiger partial charge in [0.25, 0.3) is 0 Å². The quantitative estimate of drug-likeness (QED) is 0.460. The van der Waals surface area contributed by atoms with Gasteiger partial charge in [-0.25, -0.2) is 13.6 Å². The predicted octanol–water partition coefficient (Wildman–Crippen LogP) is 1.28. The Balaban J connectivity index is 1.71. The summed E-state index contributed by atoms with van der Waals surface area (Å²) in [6.45, 7) is 3.45. The van der Waals surface area contributed by atoms with Gasteiger partial charge in [0.05, 0.1) is 18.0 Å². The van der Waals surface area contributed by atoms with Crippen molar-refractivity contribution in [2.24, 2.45) is 5.14 Å². The average Bonchev–Trinajstić information content (AvgIpc) is 2.72. The Morgan fingerprint density at radius 2 is 1.48 bits per heavy atom. The van der Waals surface area contributed by atoms with E-state index in [-0.39, 0.29) is 29.8 Å². The molecule has 0 fully saturated rings. The summed E-state index contributed by atoms with van der Waals surface area (Å²) in [5.41, 5.74) is 1.82. The molecule has 2 amide bonds. The molecule has 0 aliphatic rings. The molecular weight excluding hydrogens is 440 g/mol. The number of nitrogens with zero attached hydrogens (tertiary/aromatic N) is 1. The third-order valence-electron chi connectivity index (χ3n) is 4.57. The van der Waals surface area contributed by atoms with Crippen molar-refractivity contribution in [1.82, 2.24) is 15.5 Å². The Morgan fingerprint density at radius 3 is 2.03 bits per heavy atom. The van der Waals surface area contributed by atoms with E-state index in [2.05, 4.69) is 10.6 Å². The molecule has 168 valence electrons. The van der Waals surface area contributed by atoms with E-state index in [1.807, 2.05) is 19.1 Å². The molecule has 0 heterocycles. The molecule has 0 saturated carbocycles. The van der Waals surface area contributed by atoms with Crippen molar-refractivity contribution < 1.29 is 18.0 Å². The van der Waals surface area contributed by atoms with E-state index in [4.69, 9.17) is 16.7 Å². The van der Waals surface area contributed by atoms with Crippen molar-refractivity contribution in [3.8, 4) is 0 Å². The van der Waals surface area contributed by atoms with E-state index in [0.717, 1.165) is 11.1 Å². The standard InChI is InChI=1S/C21H27ClN4O4S/c1-2-26(15-21(28)25-13-17-3-7-18(22)8-4-17)14-20(27)24-12-11-16-5-9-19(10-6-16)31(23,29)30/h3-10H,2,11-15H2,1H3,(H,24,27)(H,25,28)(H2,23,29,30). The van der Waals surface area contributed by atoms with Crippen molar-refractivity contribution in [1.29, 1.82) is 0 Å². The van der Waals surface area contributed by atoms with Gasteiger partial charge in [-0.2, -0.15) is 0 Å². The summed E-state index contributed by atoms with van der Waals surface area (Å²) in [6.07, 6.45) is 0.546. The number of amides is 2. The molecule has 10 heteroatoms. The molecule has 8 nitrogen and oxygen atoms in total. The van der Waals surface area contributed by atoms with Gasteiger partial charge in [-0.15, -0.1) is 0 Å². The highest BCUT2D eigenvalue weighted by atomic mass is 35.5. The summed E-state index contributed by atoms with van der Waals surface area (Å²) in [6, 6.07) is 13.4. The smallest absolute Gasteiger partial charge is 0.238 e. The summed E-state index contributed by atoms with van der Waals surface area (Å²) in [4.78, 5) is 26.1. The SMILES string of the molecule is CCN(CC(=O)NCCc1ccc(S(N)(=O)=O)cc1)CC(=O)NCc1ccc(Cl)cc1. The van der Waals surface area contributed by atoms with Crippen LogP contribution in [0.4, 0.5) is 0 Å². The number of carbonyl (C=O) groups is 2. The maximum Gasteiger partial charge on any atom is 0.238 e. The normalized spacial score (nSPS) is 11.4. The number of primary sulfonamides is 1. The minimum absolute atomic E-state index is 0.0493. The first-order valence-electron chi connectivity index (χ1n) is 9.79. The molecule has 31 heavy (non-hydrogen) atoms. The van der Waals surface area contributed by atoms with Crippen molar-refractivity contribution in [3.05, 3.63) is 64.7 Å². The second-order valence-electron chi connectivity index (χ2n) is 7.00. The van der Waals surface area contributed by atoms with Crippen LogP contribution in [-0.4, -0.2) is 51.3 Å². The fraction of sp³-hybridized carbons (Fsp3) is 0.333. The summed E-state index contributed by atoms with van der Waals surface area (Å²) >= 11 is 5.85. The van der Waals surface area contributed by atoms with Gasteiger partial charge in [0.2, 0.25) is 21.8 Å². The van der Waals surface area contributed by atoms with Crippen LogP contribution >= 0.6 is 11.6 Å². The number of sulfonamides is 1. The van der Waals surface area contributed by atoms with Crippen molar-refractivity contribution in [3.63, 3.8) is 0 Å². The molecule has 0 aliphatic carbocycles. The molecule has 0 radical (unpaired) electrons. The number of nitrogens with two attached hydrogens (primary N) is 1. The molecule has 0 spiro atoms. The molecule has 0 aliphatic heterocycles. The minimum Gasteiger partial charge on any atom is -0.355 e.